The van der Waals surface area contributed by atoms with Crippen molar-refractivity contribution in [3.8, 4) is 0 Å². The quantitative estimate of drug-likeness (QED) is 0.668. The van der Waals surface area contributed by atoms with Gasteiger partial charge in [0.05, 0.1) is 17.7 Å². The lowest BCUT2D eigenvalue weighted by Gasteiger charge is -2.18. The van der Waals surface area contributed by atoms with Crippen LogP contribution in [0.4, 0.5) is 0 Å². The lowest BCUT2D eigenvalue weighted by molar-refractivity contribution is 0.0921. The van der Waals surface area contributed by atoms with E-state index in [-0.39, 0.29) is 23.1 Å². The van der Waals surface area contributed by atoms with E-state index in [0.717, 1.165) is 0 Å². The van der Waals surface area contributed by atoms with E-state index in [1.165, 1.54) is 16.6 Å². The zero-order chi connectivity index (χ0) is 19.6. The molecule has 7 nitrogen and oxygen atoms in total. The van der Waals surface area contributed by atoms with Crippen molar-refractivity contribution in [3.05, 3.63) is 53.7 Å². The van der Waals surface area contributed by atoms with Crippen molar-refractivity contribution < 1.29 is 22.0 Å². The summed E-state index contributed by atoms with van der Waals surface area (Å²) in [6.07, 6.45) is 1.53. The Morgan fingerprint density at radius 3 is 2.56 bits per heavy atom. The lowest BCUT2D eigenvalue weighted by Crippen LogP contribution is -2.30. The number of furan rings is 2. The molecule has 1 amide bonds. The van der Waals surface area contributed by atoms with Gasteiger partial charge in [0.25, 0.3) is 5.91 Å². The molecule has 0 saturated heterocycles. The van der Waals surface area contributed by atoms with Crippen molar-refractivity contribution in [3.63, 3.8) is 0 Å². The first-order chi connectivity index (χ1) is 12.9. The largest absolute Gasteiger partial charge is 0.467 e. The number of rotatable bonds is 7. The summed E-state index contributed by atoms with van der Waals surface area (Å²) in [5.74, 6) is 0.409. The van der Waals surface area contributed by atoms with E-state index >= 15 is 0 Å². The van der Waals surface area contributed by atoms with Crippen LogP contribution in [0.5, 0.6) is 0 Å². The highest BCUT2D eigenvalue weighted by Crippen LogP contribution is 2.29. The number of hydrogen-bond acceptors (Lipinski definition) is 5. The summed E-state index contributed by atoms with van der Waals surface area (Å²) >= 11 is 0. The second kappa shape index (κ2) is 7.58. The summed E-state index contributed by atoms with van der Waals surface area (Å²) in [6, 6.07) is 8.15. The topological polar surface area (TPSA) is 92.8 Å². The first-order valence-corrected chi connectivity index (χ1v) is 10.2. The van der Waals surface area contributed by atoms with Crippen LogP contribution in [0.1, 0.15) is 35.7 Å². The summed E-state index contributed by atoms with van der Waals surface area (Å²) in [5.41, 5.74) is 1.06. The van der Waals surface area contributed by atoms with Crippen LogP contribution in [0.2, 0.25) is 0 Å². The molecule has 0 aliphatic rings. The molecule has 3 rings (SSSR count). The average Bonchev–Trinajstić information content (AvgIpc) is 3.28. The predicted octanol–water partition coefficient (Wildman–Crippen LogP) is 3.29. The molecule has 0 saturated carbocycles. The molecule has 8 heteroatoms. The van der Waals surface area contributed by atoms with Crippen LogP contribution < -0.4 is 5.32 Å². The first kappa shape index (κ1) is 19.2. The van der Waals surface area contributed by atoms with Gasteiger partial charge < -0.3 is 14.2 Å². The number of hydrogen-bond donors (Lipinski definition) is 1. The number of benzene rings is 1. The zero-order valence-corrected chi connectivity index (χ0v) is 16.3. The first-order valence-electron chi connectivity index (χ1n) is 8.72. The van der Waals surface area contributed by atoms with E-state index in [1.54, 1.807) is 45.0 Å². The van der Waals surface area contributed by atoms with Gasteiger partial charge in [0.2, 0.25) is 10.0 Å². The molecule has 1 aromatic carbocycles. The van der Waals surface area contributed by atoms with Crippen LogP contribution in [0.15, 0.2) is 50.3 Å². The smallest absolute Gasteiger partial charge is 0.287 e. The number of nitrogens with zero attached hydrogens (tertiary/aromatic N) is 1. The summed E-state index contributed by atoms with van der Waals surface area (Å²) in [6.45, 7) is 6.35. The fourth-order valence-corrected chi connectivity index (χ4v) is 4.44. The van der Waals surface area contributed by atoms with E-state index < -0.39 is 10.0 Å². The SMILES string of the molecule is CCN(CC)S(=O)(=O)c1ccc2oc(C(=O)NCc3ccco3)c(C)c2c1. The zero-order valence-electron chi connectivity index (χ0n) is 15.5. The Labute approximate surface area is 158 Å². The summed E-state index contributed by atoms with van der Waals surface area (Å²) in [7, 11) is -3.58. The monoisotopic (exact) mass is 390 g/mol. The lowest BCUT2D eigenvalue weighted by atomic mass is 10.1. The average molecular weight is 390 g/mol. The second-order valence-electron chi connectivity index (χ2n) is 6.07. The molecule has 0 atom stereocenters. The Bertz CT molecular complexity index is 1050. The van der Waals surface area contributed by atoms with E-state index in [0.29, 0.717) is 35.4 Å². The Balaban J connectivity index is 1.92. The third kappa shape index (κ3) is 3.63. The van der Waals surface area contributed by atoms with Gasteiger partial charge in [-0.1, -0.05) is 13.8 Å². The number of fused-ring (bicyclic) bond motifs is 1. The van der Waals surface area contributed by atoms with Crippen LogP contribution in [0.3, 0.4) is 0 Å². The Hall–Kier alpha value is -2.58. The molecule has 2 aromatic heterocycles. The number of carbonyl (C=O) groups is 1. The molecule has 1 N–H and O–H groups in total. The fourth-order valence-electron chi connectivity index (χ4n) is 2.95. The van der Waals surface area contributed by atoms with Gasteiger partial charge in [-0.05, 0) is 37.3 Å². The van der Waals surface area contributed by atoms with Crippen LogP contribution >= 0.6 is 0 Å². The number of carbonyl (C=O) groups excluding carboxylic acids is 1. The highest BCUT2D eigenvalue weighted by Gasteiger charge is 2.24. The van der Waals surface area contributed by atoms with Crippen LogP contribution in [-0.4, -0.2) is 31.7 Å². The van der Waals surface area contributed by atoms with Crippen molar-refractivity contribution in [2.24, 2.45) is 0 Å². The van der Waals surface area contributed by atoms with Crippen molar-refractivity contribution >= 4 is 26.9 Å². The van der Waals surface area contributed by atoms with Gasteiger partial charge >= 0.3 is 0 Å². The molecular formula is C19H22N2O5S. The molecule has 0 bridgehead atoms. The maximum Gasteiger partial charge on any atom is 0.287 e. The predicted molar refractivity (Wildman–Crippen MR) is 101 cm³/mol. The van der Waals surface area contributed by atoms with Gasteiger partial charge in [-0.25, -0.2) is 8.42 Å². The Kier molecular flexibility index (Phi) is 5.38. The minimum absolute atomic E-state index is 0.161. The normalized spacial score (nSPS) is 12.0. The van der Waals surface area contributed by atoms with Gasteiger partial charge in [-0.15, -0.1) is 0 Å². The highest BCUT2D eigenvalue weighted by atomic mass is 32.2. The molecule has 3 aromatic rings. The molecule has 0 aliphatic carbocycles. The van der Waals surface area contributed by atoms with Crippen LogP contribution in [0, 0.1) is 6.92 Å². The van der Waals surface area contributed by atoms with Gasteiger partial charge in [-0.3, -0.25) is 4.79 Å². The Morgan fingerprint density at radius 2 is 1.93 bits per heavy atom. The fraction of sp³-hybridized carbons (Fsp3) is 0.316. The Morgan fingerprint density at radius 1 is 1.19 bits per heavy atom. The number of amides is 1. The van der Waals surface area contributed by atoms with Crippen LogP contribution in [-0.2, 0) is 16.6 Å². The molecule has 27 heavy (non-hydrogen) atoms. The standard InChI is InChI=1S/C19H22N2O5S/c1-4-21(5-2)27(23,24)15-8-9-17-16(11-15)13(3)18(26-17)19(22)20-12-14-7-6-10-25-14/h6-11H,4-5,12H2,1-3H3,(H,20,22). The van der Waals surface area contributed by atoms with E-state index in [1.807, 2.05) is 0 Å². The minimum atomic E-state index is -3.58. The van der Waals surface area contributed by atoms with Gasteiger partial charge in [0, 0.05) is 24.0 Å². The second-order valence-corrected chi connectivity index (χ2v) is 8.00. The van der Waals surface area contributed by atoms with Crippen LogP contribution in [0.25, 0.3) is 11.0 Å². The molecule has 0 spiro atoms. The number of nitrogens with one attached hydrogen (secondary N) is 1. The van der Waals surface area contributed by atoms with E-state index in [4.69, 9.17) is 8.83 Å². The van der Waals surface area contributed by atoms with Gasteiger partial charge in [0.1, 0.15) is 11.3 Å². The summed E-state index contributed by atoms with van der Waals surface area (Å²) in [4.78, 5) is 12.6. The maximum absolute atomic E-state index is 12.7. The third-order valence-electron chi connectivity index (χ3n) is 4.46. The van der Waals surface area contributed by atoms with E-state index in [2.05, 4.69) is 5.32 Å². The van der Waals surface area contributed by atoms with Crippen molar-refractivity contribution in [2.75, 3.05) is 13.1 Å². The molecular weight excluding hydrogens is 368 g/mol. The molecule has 144 valence electrons. The maximum atomic E-state index is 12.7. The number of sulfonamides is 1. The van der Waals surface area contributed by atoms with Crippen molar-refractivity contribution in [1.82, 2.24) is 9.62 Å². The molecule has 2 heterocycles. The molecule has 0 aliphatic heterocycles. The van der Waals surface area contributed by atoms with Gasteiger partial charge in [0.15, 0.2) is 5.76 Å². The number of aryl methyl sites for hydroxylation is 1. The molecule has 0 fully saturated rings. The van der Waals surface area contributed by atoms with Gasteiger partial charge in [-0.2, -0.15) is 4.31 Å². The minimum Gasteiger partial charge on any atom is -0.467 e. The van der Waals surface area contributed by atoms with Crippen molar-refractivity contribution in [2.45, 2.75) is 32.2 Å². The molecule has 0 unspecified atom stereocenters. The molecule has 0 radical (unpaired) electrons. The van der Waals surface area contributed by atoms with E-state index in [9.17, 15) is 13.2 Å². The van der Waals surface area contributed by atoms with Crippen molar-refractivity contribution in [1.29, 1.82) is 0 Å². The highest BCUT2D eigenvalue weighted by molar-refractivity contribution is 7.89. The third-order valence-corrected chi connectivity index (χ3v) is 6.51. The summed E-state index contributed by atoms with van der Waals surface area (Å²) in [5, 5.41) is 3.33. The summed E-state index contributed by atoms with van der Waals surface area (Å²) < 4.78 is 37.7.